The molecule has 0 aliphatic rings. The first-order chi connectivity index (χ1) is 7.54. The van der Waals surface area contributed by atoms with E-state index >= 15 is 0 Å². The molecule has 0 amide bonds. The molecule has 1 unspecified atom stereocenters. The quantitative estimate of drug-likeness (QED) is 0.834. The summed E-state index contributed by atoms with van der Waals surface area (Å²) in [6.45, 7) is 2.41. The van der Waals surface area contributed by atoms with Gasteiger partial charge in [0, 0.05) is 18.7 Å². The first kappa shape index (κ1) is 12.8. The number of hydrogen-bond donors (Lipinski definition) is 2. The van der Waals surface area contributed by atoms with Crippen LogP contribution in [0.1, 0.15) is 17.3 Å². The lowest BCUT2D eigenvalue weighted by molar-refractivity contribution is 0.0697. The van der Waals surface area contributed by atoms with Crippen LogP contribution >= 0.6 is 11.6 Å². The molecule has 4 nitrogen and oxygen atoms in total. The highest BCUT2D eigenvalue weighted by molar-refractivity contribution is 6.31. The average Bonchev–Trinajstić information content (AvgIpc) is 2.25. The monoisotopic (exact) mass is 243 g/mol. The van der Waals surface area contributed by atoms with Gasteiger partial charge in [-0.15, -0.1) is 0 Å². The third kappa shape index (κ3) is 3.40. The highest BCUT2D eigenvalue weighted by Crippen LogP contribution is 2.21. The van der Waals surface area contributed by atoms with Gasteiger partial charge in [0.2, 0.25) is 0 Å². The zero-order valence-corrected chi connectivity index (χ0v) is 9.91. The van der Waals surface area contributed by atoms with E-state index < -0.39 is 5.97 Å². The second-order valence-electron chi connectivity index (χ2n) is 3.42. The highest BCUT2D eigenvalue weighted by atomic mass is 35.5. The minimum Gasteiger partial charge on any atom is -0.478 e. The van der Waals surface area contributed by atoms with Crippen LogP contribution in [0.15, 0.2) is 18.2 Å². The number of rotatable bonds is 5. The molecule has 0 fully saturated rings. The van der Waals surface area contributed by atoms with E-state index in [1.807, 2.05) is 6.92 Å². The molecule has 0 aliphatic carbocycles. The van der Waals surface area contributed by atoms with Crippen LogP contribution in [-0.4, -0.2) is 30.8 Å². The maximum atomic E-state index is 10.9. The number of carbonyl (C=O) groups is 1. The fourth-order valence-corrected chi connectivity index (χ4v) is 1.36. The number of carboxylic acids is 1. The summed E-state index contributed by atoms with van der Waals surface area (Å²) in [5.74, 6) is -0.982. The van der Waals surface area contributed by atoms with Gasteiger partial charge in [0.25, 0.3) is 0 Å². The smallest absolute Gasteiger partial charge is 0.337 e. The fourth-order valence-electron chi connectivity index (χ4n) is 1.19. The average molecular weight is 244 g/mol. The molecule has 0 spiro atoms. The number of aromatic carboxylic acids is 1. The molecular formula is C11H14ClNO3. The Hall–Kier alpha value is -1.26. The number of benzene rings is 1. The lowest BCUT2D eigenvalue weighted by Crippen LogP contribution is -2.19. The van der Waals surface area contributed by atoms with Gasteiger partial charge in [0.05, 0.1) is 17.4 Å². The van der Waals surface area contributed by atoms with Crippen molar-refractivity contribution in [3.05, 3.63) is 28.8 Å². The molecule has 88 valence electrons. The number of nitrogens with one attached hydrogen (secondary N) is 1. The van der Waals surface area contributed by atoms with Gasteiger partial charge in [-0.3, -0.25) is 0 Å². The van der Waals surface area contributed by atoms with E-state index in [1.165, 1.54) is 6.07 Å². The van der Waals surface area contributed by atoms with Crippen molar-refractivity contribution >= 4 is 23.3 Å². The molecule has 0 heterocycles. The van der Waals surface area contributed by atoms with Crippen LogP contribution < -0.4 is 5.32 Å². The molecule has 1 aromatic carbocycles. The van der Waals surface area contributed by atoms with Gasteiger partial charge in [0.1, 0.15) is 0 Å². The van der Waals surface area contributed by atoms with Crippen molar-refractivity contribution in [1.82, 2.24) is 0 Å². The van der Waals surface area contributed by atoms with E-state index in [0.29, 0.717) is 17.3 Å². The maximum absolute atomic E-state index is 10.9. The first-order valence-electron chi connectivity index (χ1n) is 4.84. The van der Waals surface area contributed by atoms with Gasteiger partial charge in [-0.25, -0.2) is 4.79 Å². The number of ether oxygens (including phenoxy) is 1. The lowest BCUT2D eigenvalue weighted by atomic mass is 10.1. The lowest BCUT2D eigenvalue weighted by Gasteiger charge is -2.13. The Morgan fingerprint density at radius 3 is 2.88 bits per heavy atom. The molecule has 2 N–H and O–H groups in total. The van der Waals surface area contributed by atoms with Crippen LogP contribution in [0.3, 0.4) is 0 Å². The molecule has 0 radical (unpaired) electrons. The maximum Gasteiger partial charge on any atom is 0.337 e. The topological polar surface area (TPSA) is 58.6 Å². The summed E-state index contributed by atoms with van der Waals surface area (Å²) in [6, 6.07) is 4.62. The zero-order chi connectivity index (χ0) is 12.1. The zero-order valence-electron chi connectivity index (χ0n) is 9.16. The molecule has 1 aromatic rings. The summed E-state index contributed by atoms with van der Waals surface area (Å²) in [5, 5.41) is 12.5. The number of hydrogen-bond acceptors (Lipinski definition) is 3. The third-order valence-electron chi connectivity index (χ3n) is 2.19. The van der Waals surface area contributed by atoms with Gasteiger partial charge >= 0.3 is 5.97 Å². The van der Waals surface area contributed by atoms with E-state index in [2.05, 4.69) is 5.32 Å². The summed E-state index contributed by atoms with van der Waals surface area (Å²) in [7, 11) is 1.60. The van der Waals surface area contributed by atoms with Crippen LogP contribution in [0.25, 0.3) is 0 Å². The van der Waals surface area contributed by atoms with Crippen LogP contribution in [0.4, 0.5) is 5.69 Å². The van der Waals surface area contributed by atoms with Gasteiger partial charge in [-0.2, -0.15) is 0 Å². The number of carboxylic acid groups (broad SMARTS) is 1. The van der Waals surface area contributed by atoms with E-state index in [-0.39, 0.29) is 11.7 Å². The SMILES string of the molecule is COC(C)CNc1cc(Cl)ccc1C(=O)O. The van der Waals surface area contributed by atoms with Gasteiger partial charge in [-0.1, -0.05) is 11.6 Å². The summed E-state index contributed by atoms with van der Waals surface area (Å²) >= 11 is 5.81. The molecule has 0 saturated heterocycles. The van der Waals surface area contributed by atoms with E-state index in [1.54, 1.807) is 19.2 Å². The Labute approximate surface area is 99.2 Å². The molecule has 1 rings (SSSR count). The van der Waals surface area contributed by atoms with Crippen molar-refractivity contribution in [3.8, 4) is 0 Å². The van der Waals surface area contributed by atoms with E-state index in [4.69, 9.17) is 21.4 Å². The van der Waals surface area contributed by atoms with Crippen molar-refractivity contribution in [2.24, 2.45) is 0 Å². The number of anilines is 1. The summed E-state index contributed by atoms with van der Waals surface area (Å²) < 4.78 is 5.06. The summed E-state index contributed by atoms with van der Waals surface area (Å²) in [6.07, 6.45) is 0.000580. The molecule has 0 bridgehead atoms. The Morgan fingerprint density at radius 1 is 1.62 bits per heavy atom. The summed E-state index contributed by atoms with van der Waals surface area (Å²) in [5.41, 5.74) is 0.705. The minimum absolute atomic E-state index is 0.000580. The Morgan fingerprint density at radius 2 is 2.31 bits per heavy atom. The fraction of sp³-hybridized carbons (Fsp3) is 0.364. The largest absolute Gasteiger partial charge is 0.478 e. The Kier molecular flexibility index (Phi) is 4.58. The van der Waals surface area contributed by atoms with E-state index in [9.17, 15) is 4.79 Å². The molecular weight excluding hydrogens is 230 g/mol. The van der Waals surface area contributed by atoms with E-state index in [0.717, 1.165) is 0 Å². The molecule has 5 heteroatoms. The van der Waals surface area contributed by atoms with Crippen LogP contribution in [0.2, 0.25) is 5.02 Å². The normalized spacial score (nSPS) is 12.2. The van der Waals surface area contributed by atoms with Crippen molar-refractivity contribution in [2.45, 2.75) is 13.0 Å². The van der Waals surface area contributed by atoms with Crippen LogP contribution in [0.5, 0.6) is 0 Å². The Bertz CT molecular complexity index is 381. The van der Waals surface area contributed by atoms with Crippen LogP contribution in [0, 0.1) is 0 Å². The van der Waals surface area contributed by atoms with Gasteiger partial charge < -0.3 is 15.2 Å². The second kappa shape index (κ2) is 5.72. The minimum atomic E-state index is -0.982. The van der Waals surface area contributed by atoms with Gasteiger partial charge in [0.15, 0.2) is 0 Å². The van der Waals surface area contributed by atoms with Crippen molar-refractivity contribution in [1.29, 1.82) is 0 Å². The second-order valence-corrected chi connectivity index (χ2v) is 3.86. The Balaban J connectivity index is 2.84. The summed E-state index contributed by atoms with van der Waals surface area (Å²) in [4.78, 5) is 10.9. The van der Waals surface area contributed by atoms with Gasteiger partial charge in [-0.05, 0) is 25.1 Å². The number of methoxy groups -OCH3 is 1. The molecule has 16 heavy (non-hydrogen) atoms. The number of halogens is 1. The van der Waals surface area contributed by atoms with Crippen LogP contribution in [-0.2, 0) is 4.74 Å². The highest BCUT2D eigenvalue weighted by Gasteiger charge is 2.10. The van der Waals surface area contributed by atoms with Crippen molar-refractivity contribution < 1.29 is 14.6 Å². The molecule has 0 saturated carbocycles. The predicted octanol–water partition coefficient (Wildman–Crippen LogP) is 2.49. The predicted molar refractivity (Wildman–Crippen MR) is 63.4 cm³/mol. The standard InChI is InChI=1S/C11H14ClNO3/c1-7(16-2)6-13-10-5-8(12)3-4-9(10)11(14)15/h3-5,7,13H,6H2,1-2H3,(H,14,15). The first-order valence-corrected chi connectivity index (χ1v) is 5.22. The van der Waals surface area contributed by atoms with Crippen molar-refractivity contribution in [2.75, 3.05) is 19.0 Å². The molecule has 0 aromatic heterocycles. The van der Waals surface area contributed by atoms with Crippen molar-refractivity contribution in [3.63, 3.8) is 0 Å². The third-order valence-corrected chi connectivity index (χ3v) is 2.43. The molecule has 1 atom stereocenters. The molecule has 0 aliphatic heterocycles.